The molecular weight excluding hydrogens is 275 g/mol. The number of anilines is 1. The maximum atomic E-state index is 13.6. The van der Waals surface area contributed by atoms with E-state index < -0.39 is 4.92 Å². The molecule has 3 aromatic rings. The number of pyridine rings is 1. The molecule has 0 fully saturated rings. The van der Waals surface area contributed by atoms with Crippen LogP contribution in [0.2, 0.25) is 0 Å². The molecule has 0 aliphatic heterocycles. The van der Waals surface area contributed by atoms with Crippen LogP contribution in [0.25, 0.3) is 5.65 Å². The van der Waals surface area contributed by atoms with E-state index in [2.05, 4.69) is 10.3 Å². The first kappa shape index (κ1) is 13.0. The van der Waals surface area contributed by atoms with E-state index in [1.807, 2.05) is 0 Å². The number of benzene rings is 1. The Balaban J connectivity index is 1.95. The lowest BCUT2D eigenvalue weighted by Gasteiger charge is -2.04. The third-order valence-corrected chi connectivity index (χ3v) is 3.08. The molecule has 1 N–H and O–H groups in total. The summed E-state index contributed by atoms with van der Waals surface area (Å²) in [5, 5.41) is 14.0. The predicted octanol–water partition coefficient (Wildman–Crippen LogP) is 2.99. The summed E-state index contributed by atoms with van der Waals surface area (Å²) in [6.07, 6.45) is 1.56. The summed E-state index contributed by atoms with van der Waals surface area (Å²) in [5.74, 6) is -0.409. The van der Waals surface area contributed by atoms with Crippen LogP contribution in [-0.2, 0) is 6.54 Å². The number of nitrogens with zero attached hydrogens (tertiary/aromatic N) is 3. The fraction of sp³-hybridized carbons (Fsp3) is 0.0714. The van der Waals surface area contributed by atoms with Crippen LogP contribution in [0.4, 0.5) is 16.0 Å². The van der Waals surface area contributed by atoms with Gasteiger partial charge in [-0.25, -0.2) is 4.39 Å². The van der Waals surface area contributed by atoms with Crippen LogP contribution in [0.5, 0.6) is 0 Å². The van der Waals surface area contributed by atoms with Crippen LogP contribution in [-0.4, -0.2) is 14.3 Å². The summed E-state index contributed by atoms with van der Waals surface area (Å²) in [5.41, 5.74) is 0.879. The lowest BCUT2D eigenvalue weighted by molar-refractivity contribution is -0.389. The Hall–Kier alpha value is -2.96. The van der Waals surface area contributed by atoms with Crippen molar-refractivity contribution >= 4 is 17.3 Å². The normalized spacial score (nSPS) is 10.7. The summed E-state index contributed by atoms with van der Waals surface area (Å²) in [7, 11) is 0. The summed E-state index contributed by atoms with van der Waals surface area (Å²) < 4.78 is 14.9. The van der Waals surface area contributed by atoms with Gasteiger partial charge < -0.3 is 15.4 Å². The van der Waals surface area contributed by atoms with E-state index >= 15 is 0 Å². The Kier molecular flexibility index (Phi) is 3.23. The Morgan fingerprint density at radius 3 is 2.76 bits per heavy atom. The van der Waals surface area contributed by atoms with Gasteiger partial charge in [0.1, 0.15) is 5.82 Å². The minimum Gasteiger partial charge on any atom is -0.359 e. The molecule has 21 heavy (non-hydrogen) atoms. The minimum atomic E-state index is -0.510. The van der Waals surface area contributed by atoms with Gasteiger partial charge in [0.15, 0.2) is 0 Å². The van der Waals surface area contributed by atoms with E-state index in [4.69, 9.17) is 0 Å². The van der Waals surface area contributed by atoms with Crippen LogP contribution in [0, 0.1) is 15.9 Å². The molecule has 6 nitrogen and oxygen atoms in total. The van der Waals surface area contributed by atoms with Crippen molar-refractivity contribution in [2.75, 3.05) is 5.32 Å². The van der Waals surface area contributed by atoms with Crippen LogP contribution >= 0.6 is 0 Å². The van der Waals surface area contributed by atoms with Crippen LogP contribution < -0.4 is 5.32 Å². The Bertz CT molecular complexity index is 816. The number of nitrogens with one attached hydrogen (secondary N) is 1. The third kappa shape index (κ3) is 2.40. The lowest BCUT2D eigenvalue weighted by Crippen LogP contribution is -2.04. The van der Waals surface area contributed by atoms with Gasteiger partial charge in [0.25, 0.3) is 0 Å². The topological polar surface area (TPSA) is 72.5 Å². The molecule has 0 aliphatic carbocycles. The van der Waals surface area contributed by atoms with Crippen molar-refractivity contribution in [3.05, 3.63) is 70.2 Å². The number of fused-ring (bicyclic) bond motifs is 1. The van der Waals surface area contributed by atoms with Crippen molar-refractivity contribution < 1.29 is 9.31 Å². The van der Waals surface area contributed by atoms with Gasteiger partial charge in [-0.3, -0.25) is 0 Å². The summed E-state index contributed by atoms with van der Waals surface area (Å²) >= 11 is 0. The van der Waals surface area contributed by atoms with Gasteiger partial charge in [-0.05, 0) is 17.1 Å². The van der Waals surface area contributed by atoms with Crippen molar-refractivity contribution in [2.45, 2.75) is 6.54 Å². The third-order valence-electron chi connectivity index (χ3n) is 3.08. The molecule has 0 radical (unpaired) electrons. The van der Waals surface area contributed by atoms with Crippen LogP contribution in [0.3, 0.4) is 0 Å². The zero-order valence-corrected chi connectivity index (χ0v) is 10.9. The summed E-state index contributed by atoms with van der Waals surface area (Å²) in [4.78, 5) is 14.9. The second kappa shape index (κ2) is 5.20. The average molecular weight is 286 g/mol. The van der Waals surface area contributed by atoms with Crippen LogP contribution in [0.1, 0.15) is 5.56 Å². The van der Waals surface area contributed by atoms with E-state index in [1.165, 1.54) is 10.5 Å². The molecule has 1 aromatic carbocycles. The van der Waals surface area contributed by atoms with E-state index in [9.17, 15) is 14.5 Å². The molecule has 0 amide bonds. The van der Waals surface area contributed by atoms with Gasteiger partial charge in [-0.15, -0.1) is 0 Å². The van der Waals surface area contributed by atoms with Gasteiger partial charge in [-0.1, -0.05) is 24.3 Å². The van der Waals surface area contributed by atoms with Gasteiger partial charge in [0.05, 0.1) is 6.20 Å². The van der Waals surface area contributed by atoms with E-state index in [1.54, 1.807) is 42.6 Å². The summed E-state index contributed by atoms with van der Waals surface area (Å²) in [6.45, 7) is 0.122. The minimum absolute atomic E-state index is 0.120. The smallest absolute Gasteiger partial charge is 0.359 e. The molecule has 0 bridgehead atoms. The second-order valence-electron chi connectivity index (χ2n) is 4.41. The first-order chi connectivity index (χ1) is 10.2. The van der Waals surface area contributed by atoms with Crippen LogP contribution in [0.15, 0.2) is 48.7 Å². The molecule has 0 saturated carbocycles. The van der Waals surface area contributed by atoms with Crippen molar-refractivity contribution in [1.29, 1.82) is 0 Å². The molecular formula is C14H11FN4O2. The van der Waals surface area contributed by atoms with Gasteiger partial charge in [0.2, 0.25) is 11.5 Å². The highest BCUT2D eigenvalue weighted by Crippen LogP contribution is 2.25. The van der Waals surface area contributed by atoms with Crippen molar-refractivity contribution in [2.24, 2.45) is 0 Å². The van der Waals surface area contributed by atoms with Gasteiger partial charge in [0, 0.05) is 18.2 Å². The second-order valence-corrected chi connectivity index (χ2v) is 4.41. The van der Waals surface area contributed by atoms with Crippen molar-refractivity contribution in [3.63, 3.8) is 0 Å². The highest BCUT2D eigenvalue weighted by molar-refractivity contribution is 5.62. The lowest BCUT2D eigenvalue weighted by atomic mass is 10.2. The monoisotopic (exact) mass is 286 g/mol. The largest absolute Gasteiger partial charge is 0.372 e. The fourth-order valence-electron chi connectivity index (χ4n) is 2.10. The first-order valence-corrected chi connectivity index (χ1v) is 6.25. The molecule has 0 saturated heterocycles. The molecule has 0 unspecified atom stereocenters. The molecule has 7 heteroatoms. The van der Waals surface area contributed by atoms with E-state index in [0.29, 0.717) is 11.2 Å². The number of halogens is 1. The fourth-order valence-corrected chi connectivity index (χ4v) is 2.10. The standard InChI is InChI=1S/C14H11FN4O2/c15-11-6-2-1-5-10(11)9-16-13-14(19(20)21)18-8-4-3-7-12(18)17-13/h1-8,16H,9H2. The number of hydrogen-bond acceptors (Lipinski definition) is 4. The number of aromatic nitrogens is 2. The Morgan fingerprint density at radius 1 is 1.24 bits per heavy atom. The predicted molar refractivity (Wildman–Crippen MR) is 75.6 cm³/mol. The maximum Gasteiger partial charge on any atom is 0.372 e. The summed E-state index contributed by atoms with van der Waals surface area (Å²) in [6, 6.07) is 11.3. The van der Waals surface area contributed by atoms with Crippen molar-refractivity contribution in [3.8, 4) is 0 Å². The molecule has 3 rings (SSSR count). The highest BCUT2D eigenvalue weighted by atomic mass is 19.1. The van der Waals surface area contributed by atoms with Gasteiger partial charge >= 0.3 is 5.82 Å². The zero-order chi connectivity index (χ0) is 14.8. The average Bonchev–Trinajstić information content (AvgIpc) is 2.85. The SMILES string of the molecule is O=[N+]([O-])c1c(NCc2ccccc2F)nc2ccccn12. The van der Waals surface area contributed by atoms with Crippen molar-refractivity contribution in [1.82, 2.24) is 9.38 Å². The number of nitro groups is 1. The molecule has 0 aliphatic rings. The Morgan fingerprint density at radius 2 is 2.00 bits per heavy atom. The number of hydrogen-bond donors (Lipinski definition) is 1. The van der Waals surface area contributed by atoms with E-state index in [-0.39, 0.29) is 24.0 Å². The zero-order valence-electron chi connectivity index (χ0n) is 10.9. The van der Waals surface area contributed by atoms with Gasteiger partial charge in [-0.2, -0.15) is 9.38 Å². The van der Waals surface area contributed by atoms with E-state index in [0.717, 1.165) is 0 Å². The quantitative estimate of drug-likeness (QED) is 0.591. The number of imidazole rings is 1. The molecule has 0 spiro atoms. The molecule has 0 atom stereocenters. The first-order valence-electron chi connectivity index (χ1n) is 6.25. The number of rotatable bonds is 4. The maximum absolute atomic E-state index is 13.6. The Labute approximate surface area is 119 Å². The molecule has 2 aromatic heterocycles. The molecule has 2 heterocycles. The molecule has 106 valence electrons. The highest BCUT2D eigenvalue weighted by Gasteiger charge is 2.22.